The van der Waals surface area contributed by atoms with E-state index in [0.717, 1.165) is 0 Å². The van der Waals surface area contributed by atoms with Gasteiger partial charge >= 0.3 is 11.9 Å². The van der Waals surface area contributed by atoms with Crippen molar-refractivity contribution < 1.29 is 23.8 Å². The van der Waals surface area contributed by atoms with Crippen LogP contribution in [0, 0.1) is 0 Å². The zero-order valence-corrected chi connectivity index (χ0v) is 18.7. The highest BCUT2D eigenvalue weighted by Crippen LogP contribution is 2.11. The van der Waals surface area contributed by atoms with Gasteiger partial charge in [-0.3, -0.25) is 19.6 Å². The van der Waals surface area contributed by atoms with E-state index in [2.05, 4.69) is 24.9 Å². The van der Waals surface area contributed by atoms with Crippen LogP contribution in [-0.4, -0.2) is 60.7 Å². The molecule has 0 bridgehead atoms. The molecule has 0 radical (unpaired) electrons. The number of nitrogens with zero attached hydrogens (tertiary/aromatic N) is 6. The second-order valence-electron chi connectivity index (χ2n) is 7.43. The number of ether oxygens (including phenoxy) is 3. The number of carbonyl (C=O) groups is 2. The maximum absolute atomic E-state index is 12.3. The number of fused-ring (bicyclic) bond motifs is 1. The number of aromatic nitrogens is 6. The summed E-state index contributed by atoms with van der Waals surface area (Å²) in [4.78, 5) is 44.9. The Morgan fingerprint density at radius 1 is 0.886 bits per heavy atom. The first kappa shape index (κ1) is 23.7. The predicted molar refractivity (Wildman–Crippen MR) is 122 cm³/mol. The number of pyridine rings is 2. The summed E-state index contributed by atoms with van der Waals surface area (Å²) in [6.45, 7) is -0.221. The van der Waals surface area contributed by atoms with Crippen LogP contribution in [0.1, 0.15) is 11.4 Å². The van der Waals surface area contributed by atoms with E-state index in [9.17, 15) is 9.59 Å². The van der Waals surface area contributed by atoms with Crippen molar-refractivity contribution in [1.29, 1.82) is 0 Å². The Hall–Kier alpha value is -4.45. The third kappa shape index (κ3) is 7.01. The molecule has 35 heavy (non-hydrogen) atoms. The summed E-state index contributed by atoms with van der Waals surface area (Å²) >= 11 is 0. The van der Waals surface area contributed by atoms with E-state index in [0.29, 0.717) is 22.6 Å². The minimum absolute atomic E-state index is 0.0118. The average molecular weight is 477 g/mol. The Morgan fingerprint density at radius 2 is 1.51 bits per heavy atom. The van der Waals surface area contributed by atoms with E-state index in [1.807, 2.05) is 0 Å². The quantitative estimate of drug-likeness (QED) is 0.309. The number of hydrogen-bond donors (Lipinski definition) is 1. The van der Waals surface area contributed by atoms with Crippen LogP contribution in [0.3, 0.4) is 0 Å². The number of rotatable bonds is 11. The smallest absolute Gasteiger partial charge is 0.311 e. The number of carbonyl (C=O) groups excluding carboxylic acids is 2. The van der Waals surface area contributed by atoms with Crippen molar-refractivity contribution in [2.75, 3.05) is 18.9 Å². The molecule has 4 rings (SSSR count). The van der Waals surface area contributed by atoms with E-state index in [-0.39, 0.29) is 38.7 Å². The minimum atomic E-state index is -0.734. The summed E-state index contributed by atoms with van der Waals surface area (Å²) in [5.74, 6) is -0.843. The Kier molecular flexibility index (Phi) is 7.86. The summed E-state index contributed by atoms with van der Waals surface area (Å²) in [5, 5.41) is 0. The van der Waals surface area contributed by atoms with Gasteiger partial charge in [0.15, 0.2) is 5.65 Å². The summed E-state index contributed by atoms with van der Waals surface area (Å²) in [5.41, 5.74) is 7.79. The summed E-state index contributed by atoms with van der Waals surface area (Å²) in [6.07, 6.45) is 5.54. The van der Waals surface area contributed by atoms with Crippen LogP contribution in [0.4, 0.5) is 5.95 Å². The van der Waals surface area contributed by atoms with Crippen molar-refractivity contribution in [3.8, 4) is 0 Å². The molecule has 12 nitrogen and oxygen atoms in total. The summed E-state index contributed by atoms with van der Waals surface area (Å²) in [7, 11) is 0. The fourth-order valence-corrected chi connectivity index (χ4v) is 3.07. The lowest BCUT2D eigenvalue weighted by Crippen LogP contribution is -2.30. The molecule has 0 aliphatic rings. The predicted octanol–water partition coefficient (Wildman–Crippen LogP) is 1.11. The first-order valence-electron chi connectivity index (χ1n) is 10.7. The first-order valence-corrected chi connectivity index (χ1v) is 10.7. The summed E-state index contributed by atoms with van der Waals surface area (Å²) < 4.78 is 18.3. The van der Waals surface area contributed by atoms with Gasteiger partial charge in [-0.15, -0.1) is 0 Å². The number of anilines is 1. The van der Waals surface area contributed by atoms with Crippen LogP contribution in [0.5, 0.6) is 0 Å². The van der Waals surface area contributed by atoms with Gasteiger partial charge in [-0.25, -0.2) is 9.97 Å². The molecule has 12 heteroatoms. The second-order valence-corrected chi connectivity index (χ2v) is 7.43. The van der Waals surface area contributed by atoms with Crippen LogP contribution < -0.4 is 5.73 Å². The molecule has 0 unspecified atom stereocenters. The molecular formula is C23H23N7O5. The third-order valence-electron chi connectivity index (χ3n) is 4.81. The van der Waals surface area contributed by atoms with Crippen LogP contribution in [-0.2, 0) is 43.4 Å². The molecular weight excluding hydrogens is 454 g/mol. The van der Waals surface area contributed by atoms with Crippen molar-refractivity contribution >= 4 is 29.1 Å². The van der Waals surface area contributed by atoms with E-state index < -0.39 is 18.0 Å². The Labute approximate surface area is 200 Å². The lowest BCUT2D eigenvalue weighted by atomic mass is 10.3. The van der Waals surface area contributed by atoms with Gasteiger partial charge in [-0.2, -0.15) is 4.98 Å². The van der Waals surface area contributed by atoms with Gasteiger partial charge in [0, 0.05) is 12.4 Å². The molecule has 0 aliphatic carbocycles. The molecule has 0 aliphatic heterocycles. The van der Waals surface area contributed by atoms with Crippen LogP contribution >= 0.6 is 0 Å². The second kappa shape index (κ2) is 11.6. The maximum atomic E-state index is 12.3. The monoisotopic (exact) mass is 477 g/mol. The molecule has 4 aromatic rings. The number of nitrogens with two attached hydrogens (primary N) is 1. The average Bonchev–Trinajstić information content (AvgIpc) is 3.26. The fraction of sp³-hybridized carbons (Fsp3) is 0.261. The molecule has 0 saturated heterocycles. The van der Waals surface area contributed by atoms with Gasteiger partial charge in [0.05, 0.1) is 36.8 Å². The topological polar surface area (TPSA) is 157 Å². The SMILES string of the molecule is Nc1ncc2c(ncn2COC(COC(=O)Cc2ccccn2)COC(=O)Cc2ccccn2)n1. The van der Waals surface area contributed by atoms with E-state index in [4.69, 9.17) is 19.9 Å². The number of imidazole rings is 1. The van der Waals surface area contributed by atoms with E-state index in [1.165, 1.54) is 12.5 Å². The highest BCUT2D eigenvalue weighted by atomic mass is 16.6. The molecule has 4 heterocycles. The van der Waals surface area contributed by atoms with Crippen LogP contribution in [0.2, 0.25) is 0 Å². The molecule has 0 aromatic carbocycles. The molecule has 0 saturated carbocycles. The fourth-order valence-electron chi connectivity index (χ4n) is 3.07. The first-order chi connectivity index (χ1) is 17.1. The third-order valence-corrected chi connectivity index (χ3v) is 4.81. The van der Waals surface area contributed by atoms with Crippen LogP contribution in [0.15, 0.2) is 61.3 Å². The summed E-state index contributed by atoms with van der Waals surface area (Å²) in [6, 6.07) is 10.6. The van der Waals surface area contributed by atoms with Gasteiger partial charge in [0.25, 0.3) is 0 Å². The lowest BCUT2D eigenvalue weighted by molar-refractivity contribution is -0.156. The van der Waals surface area contributed by atoms with Crippen molar-refractivity contribution in [2.45, 2.75) is 25.7 Å². The molecule has 180 valence electrons. The molecule has 0 amide bonds. The standard InChI is InChI=1S/C23H23N7O5/c24-23-27-11-19-22(29-23)28-14-30(19)15-35-18(12-33-20(31)9-16-5-1-3-7-25-16)13-34-21(32)10-17-6-2-4-8-26-17/h1-8,11,14,18H,9-10,12-13,15H2,(H2,24,27,29). The van der Waals surface area contributed by atoms with E-state index >= 15 is 0 Å². The number of nitrogen functional groups attached to an aromatic ring is 1. The lowest BCUT2D eigenvalue weighted by Gasteiger charge is -2.18. The highest BCUT2D eigenvalue weighted by Gasteiger charge is 2.18. The van der Waals surface area contributed by atoms with Crippen molar-refractivity contribution in [3.05, 3.63) is 72.7 Å². The van der Waals surface area contributed by atoms with Crippen molar-refractivity contribution in [2.24, 2.45) is 0 Å². The molecule has 2 N–H and O–H groups in total. The van der Waals surface area contributed by atoms with Crippen molar-refractivity contribution in [1.82, 2.24) is 29.5 Å². The Bertz CT molecular complexity index is 1210. The maximum Gasteiger partial charge on any atom is 0.311 e. The minimum Gasteiger partial charge on any atom is -0.462 e. The number of esters is 2. The highest BCUT2D eigenvalue weighted by molar-refractivity contribution is 5.72. The molecule has 0 spiro atoms. The van der Waals surface area contributed by atoms with Gasteiger partial charge in [-0.1, -0.05) is 12.1 Å². The Morgan fingerprint density at radius 3 is 2.09 bits per heavy atom. The molecule has 4 aromatic heterocycles. The van der Waals surface area contributed by atoms with Gasteiger partial charge in [-0.05, 0) is 24.3 Å². The molecule has 0 atom stereocenters. The van der Waals surface area contributed by atoms with E-state index in [1.54, 1.807) is 53.4 Å². The normalized spacial score (nSPS) is 11.0. The molecule has 0 fully saturated rings. The van der Waals surface area contributed by atoms with Gasteiger partial charge in [0.1, 0.15) is 31.6 Å². The Balaban J connectivity index is 1.35. The van der Waals surface area contributed by atoms with Crippen molar-refractivity contribution in [3.63, 3.8) is 0 Å². The zero-order valence-electron chi connectivity index (χ0n) is 18.7. The van der Waals surface area contributed by atoms with Gasteiger partial charge < -0.3 is 24.5 Å². The van der Waals surface area contributed by atoms with Gasteiger partial charge in [0.2, 0.25) is 5.95 Å². The zero-order chi connectivity index (χ0) is 24.5. The largest absolute Gasteiger partial charge is 0.462 e. The van der Waals surface area contributed by atoms with Crippen LogP contribution in [0.25, 0.3) is 11.2 Å². The number of hydrogen-bond acceptors (Lipinski definition) is 11.